The van der Waals surface area contributed by atoms with Gasteiger partial charge < -0.3 is 18.5 Å². The van der Waals surface area contributed by atoms with Crippen molar-refractivity contribution in [2.75, 3.05) is 14.2 Å². The topological polar surface area (TPSA) is 183 Å². The number of sulfone groups is 2. The van der Waals surface area contributed by atoms with Crippen LogP contribution in [0.5, 0.6) is 11.5 Å². The normalized spacial score (nSPS) is 12.1. The predicted molar refractivity (Wildman–Crippen MR) is 238 cm³/mol. The first-order valence-corrected chi connectivity index (χ1v) is 22.7. The molecule has 0 bridgehead atoms. The van der Waals surface area contributed by atoms with Gasteiger partial charge in [0.15, 0.2) is 19.7 Å². The summed E-state index contributed by atoms with van der Waals surface area (Å²) >= 11 is 0. The lowest BCUT2D eigenvalue weighted by atomic mass is 10.1. The van der Waals surface area contributed by atoms with Crippen LogP contribution in [0.25, 0.3) is 33.2 Å². The minimum atomic E-state index is -4.64. The lowest BCUT2D eigenvalue weighted by molar-refractivity contribution is -0.128. The first-order chi connectivity index (χ1) is 32.0. The number of hydrogen-bond donors (Lipinski definition) is 0. The van der Waals surface area contributed by atoms with Crippen molar-refractivity contribution in [2.45, 2.75) is 46.5 Å². The molecule has 0 fully saturated rings. The second-order valence-electron chi connectivity index (χ2n) is 14.8. The van der Waals surface area contributed by atoms with E-state index in [-0.39, 0.29) is 65.0 Å². The second kappa shape index (κ2) is 20.0. The number of halogens is 8. The average Bonchev–Trinajstić information content (AvgIpc) is 3.98. The number of aromatic nitrogens is 4. The van der Waals surface area contributed by atoms with Crippen LogP contribution in [0, 0.1) is 11.6 Å². The molecule has 4 aromatic heterocycles. The lowest BCUT2D eigenvalue weighted by Gasteiger charge is -2.17. The Balaban J connectivity index is 0.000000224. The first kappa shape index (κ1) is 51.5. The highest BCUT2D eigenvalue weighted by Gasteiger charge is 2.32. The zero-order valence-electron chi connectivity index (χ0n) is 35.6. The maximum absolute atomic E-state index is 14.6. The number of rotatable bonds is 12. The Labute approximate surface area is 388 Å². The van der Waals surface area contributed by atoms with Crippen LogP contribution in [-0.4, -0.2) is 62.9 Å². The Hall–Kier alpha value is -6.91. The van der Waals surface area contributed by atoms with E-state index in [2.05, 4.69) is 19.4 Å². The molecule has 0 saturated heterocycles. The molecule has 0 aliphatic carbocycles. The molecule has 0 aliphatic heterocycles. The van der Waals surface area contributed by atoms with Gasteiger partial charge >= 0.3 is 12.4 Å². The van der Waals surface area contributed by atoms with E-state index in [9.17, 15) is 61.5 Å². The number of nitrogens with zero attached hydrogens (tertiary/aromatic N) is 4. The Morgan fingerprint density at radius 2 is 0.928 bits per heavy atom. The minimum Gasteiger partial charge on any atom is -0.495 e. The summed E-state index contributed by atoms with van der Waals surface area (Å²) in [5, 5.41) is 7.83. The van der Waals surface area contributed by atoms with Crippen LogP contribution in [0.1, 0.15) is 22.5 Å². The van der Waals surface area contributed by atoms with Gasteiger partial charge in [-0.3, -0.25) is 18.7 Å². The number of alkyl halides is 6. The van der Waals surface area contributed by atoms with Gasteiger partial charge in [-0.05, 0) is 60.7 Å². The van der Waals surface area contributed by atoms with Gasteiger partial charge in [0.05, 0.1) is 70.6 Å². The van der Waals surface area contributed by atoms with E-state index in [1.807, 2.05) is 0 Å². The standard InChI is InChI=1S/2C22H16F4N2O5S.H3P/c2*1-32-20-9-14(11-22(24,25)26)17(23)10-19(20)28-18-4-3-16(8-13(18)2-5-21(28)29)34(30,31)12-15-6-7-33-27-15;/h2*2-10H,11-12H2,1H3;1H3. The van der Waals surface area contributed by atoms with Crippen LogP contribution >= 0.6 is 9.90 Å². The highest BCUT2D eigenvalue weighted by atomic mass is 32.2. The molecule has 0 spiro atoms. The molecule has 14 nitrogen and oxygen atoms in total. The molecule has 1 unspecified atom stereocenters. The average molecular weight is 1030 g/mol. The van der Waals surface area contributed by atoms with Crippen LogP contribution in [0.4, 0.5) is 35.1 Å². The molecule has 0 N–H and O–H groups in total. The lowest BCUT2D eigenvalue weighted by Crippen LogP contribution is -2.19. The van der Waals surface area contributed by atoms with E-state index >= 15 is 0 Å². The Morgan fingerprint density at radius 1 is 0.551 bits per heavy atom. The Bertz CT molecular complexity index is 3300. The van der Waals surface area contributed by atoms with Crippen LogP contribution in [0.2, 0.25) is 0 Å². The Kier molecular flexibility index (Phi) is 14.9. The number of pyridine rings is 2. The van der Waals surface area contributed by atoms with Gasteiger partial charge in [-0.1, -0.05) is 10.3 Å². The van der Waals surface area contributed by atoms with Crippen LogP contribution < -0.4 is 20.6 Å². The smallest absolute Gasteiger partial charge is 0.393 e. The van der Waals surface area contributed by atoms with Gasteiger partial charge in [0.2, 0.25) is 0 Å². The van der Waals surface area contributed by atoms with Gasteiger partial charge in [-0.15, -0.1) is 0 Å². The monoisotopic (exact) mass is 1030 g/mol. The van der Waals surface area contributed by atoms with Crippen molar-refractivity contribution >= 4 is 51.4 Å². The van der Waals surface area contributed by atoms with Crippen molar-refractivity contribution in [2.24, 2.45) is 0 Å². The summed E-state index contributed by atoms with van der Waals surface area (Å²) in [5.74, 6) is -3.45. The molecule has 364 valence electrons. The van der Waals surface area contributed by atoms with Crippen LogP contribution in [0.15, 0.2) is 138 Å². The molecule has 4 heterocycles. The van der Waals surface area contributed by atoms with Crippen LogP contribution in [0.3, 0.4) is 0 Å². The minimum absolute atomic E-state index is 0. The largest absolute Gasteiger partial charge is 0.495 e. The molecular formula is C44H35F8N4O10PS2. The summed E-state index contributed by atoms with van der Waals surface area (Å²) < 4.78 is 178. The number of benzene rings is 4. The van der Waals surface area contributed by atoms with E-state index in [1.54, 1.807) is 0 Å². The molecule has 4 aromatic carbocycles. The molecule has 69 heavy (non-hydrogen) atoms. The van der Waals surface area contributed by atoms with E-state index in [1.165, 1.54) is 87.4 Å². The summed E-state index contributed by atoms with van der Waals surface area (Å²) in [7, 11) is -5.25. The molecule has 25 heteroatoms. The van der Waals surface area contributed by atoms with E-state index < -0.39 is 90.3 Å². The van der Waals surface area contributed by atoms with E-state index in [0.29, 0.717) is 10.8 Å². The summed E-state index contributed by atoms with van der Waals surface area (Å²) in [6.07, 6.45) is -9.80. The summed E-state index contributed by atoms with van der Waals surface area (Å²) in [5.41, 5.74) is -1.93. The van der Waals surface area contributed by atoms with Crippen molar-refractivity contribution in [1.29, 1.82) is 0 Å². The van der Waals surface area contributed by atoms with Gasteiger partial charge in [0.1, 0.15) is 47.2 Å². The predicted octanol–water partition coefficient (Wildman–Crippen LogP) is 8.47. The summed E-state index contributed by atoms with van der Waals surface area (Å²) in [6, 6.07) is 19.2. The highest BCUT2D eigenvalue weighted by Crippen LogP contribution is 2.34. The molecule has 8 rings (SSSR count). The summed E-state index contributed by atoms with van der Waals surface area (Å²) in [6.45, 7) is 0. The van der Waals surface area contributed by atoms with Crippen molar-refractivity contribution < 1.29 is 70.5 Å². The quantitative estimate of drug-likeness (QED) is 0.0842. The number of ether oxygens (including phenoxy) is 2. The van der Waals surface area contributed by atoms with Crippen molar-refractivity contribution in [3.63, 3.8) is 0 Å². The Morgan fingerprint density at radius 3 is 1.25 bits per heavy atom. The van der Waals surface area contributed by atoms with Crippen molar-refractivity contribution in [3.05, 3.63) is 164 Å². The zero-order valence-corrected chi connectivity index (χ0v) is 38.7. The summed E-state index contributed by atoms with van der Waals surface area (Å²) in [4.78, 5) is 25.3. The molecule has 1 atom stereocenters. The van der Waals surface area contributed by atoms with Crippen molar-refractivity contribution in [1.82, 2.24) is 19.4 Å². The molecular weight excluding hydrogens is 992 g/mol. The third-order valence-electron chi connectivity index (χ3n) is 10.1. The maximum Gasteiger partial charge on any atom is 0.393 e. The fourth-order valence-corrected chi connectivity index (χ4v) is 9.64. The maximum atomic E-state index is 14.6. The number of fused-ring (bicyclic) bond motifs is 2. The third-order valence-corrected chi connectivity index (χ3v) is 13.4. The van der Waals surface area contributed by atoms with E-state index in [0.717, 1.165) is 45.5 Å². The van der Waals surface area contributed by atoms with Gasteiger partial charge in [-0.2, -0.15) is 36.2 Å². The van der Waals surface area contributed by atoms with Crippen LogP contribution in [-0.2, 0) is 44.0 Å². The number of methoxy groups -OCH3 is 2. The first-order valence-electron chi connectivity index (χ1n) is 19.4. The molecule has 0 aliphatic rings. The van der Waals surface area contributed by atoms with Gasteiger partial charge in [-0.25, -0.2) is 25.6 Å². The molecule has 0 saturated carbocycles. The van der Waals surface area contributed by atoms with Gasteiger partial charge in [0, 0.05) is 58.3 Å². The molecule has 0 amide bonds. The number of hydrogen-bond acceptors (Lipinski definition) is 12. The molecule has 0 radical (unpaired) electrons. The van der Waals surface area contributed by atoms with E-state index in [4.69, 9.17) is 9.47 Å². The third kappa shape index (κ3) is 11.7. The zero-order chi connectivity index (χ0) is 49.3. The SMILES string of the molecule is COc1cc(CC(F)(F)F)c(F)cc1-n1c(=O)ccc2cc(S(=O)(=O)Cc3ccon3)ccc21.COc1cc(CC(F)(F)F)c(F)cc1-n1c(=O)ccc2cc(S(=O)(=O)Cc3ccon3)ccc21.P. The fraction of sp³-hybridized carbons (Fsp3) is 0.182. The van der Waals surface area contributed by atoms with Gasteiger partial charge in [0.25, 0.3) is 11.1 Å². The second-order valence-corrected chi connectivity index (χ2v) is 18.7. The highest BCUT2D eigenvalue weighted by molar-refractivity contribution is 7.91. The fourth-order valence-electron chi connectivity index (χ4n) is 7.06. The molecule has 8 aromatic rings. The van der Waals surface area contributed by atoms with Crippen molar-refractivity contribution in [3.8, 4) is 22.9 Å².